The third-order valence-corrected chi connectivity index (χ3v) is 7.59. The van der Waals surface area contributed by atoms with Crippen molar-refractivity contribution < 1.29 is 14.4 Å². The van der Waals surface area contributed by atoms with Crippen LogP contribution in [0.1, 0.15) is 47.7 Å². The number of aromatic nitrogens is 1. The maximum Gasteiger partial charge on any atom is 0.318 e. The molecule has 1 fully saturated rings. The van der Waals surface area contributed by atoms with Crippen molar-refractivity contribution >= 4 is 52.4 Å². The van der Waals surface area contributed by atoms with Gasteiger partial charge >= 0.3 is 6.03 Å². The first-order chi connectivity index (χ1) is 17.2. The van der Waals surface area contributed by atoms with E-state index in [1.165, 1.54) is 0 Å². The Balaban J connectivity index is 1.50. The topological polar surface area (TPSA) is 121 Å². The number of carbonyl (C=O) groups excluding carboxylic acids is 3. The Morgan fingerprint density at radius 3 is 2.61 bits per heavy atom. The summed E-state index contributed by atoms with van der Waals surface area (Å²) in [5.41, 5.74) is 7.29. The molecule has 0 bridgehead atoms. The fourth-order valence-corrected chi connectivity index (χ4v) is 5.66. The number of amides is 4. The van der Waals surface area contributed by atoms with Crippen molar-refractivity contribution in [1.29, 1.82) is 0 Å². The van der Waals surface area contributed by atoms with E-state index in [9.17, 15) is 14.4 Å². The van der Waals surface area contributed by atoms with Gasteiger partial charge in [0.05, 0.1) is 12.1 Å². The molecule has 12 heteroatoms. The summed E-state index contributed by atoms with van der Waals surface area (Å²) < 4.78 is 0. The average molecular weight is 556 g/mol. The molecule has 3 rings (SSSR count). The molecule has 36 heavy (non-hydrogen) atoms. The maximum absolute atomic E-state index is 12.8. The average Bonchev–Trinajstić information content (AvgIpc) is 3.34. The summed E-state index contributed by atoms with van der Waals surface area (Å²) in [6.45, 7) is 6.37. The van der Waals surface area contributed by atoms with Gasteiger partial charge in [-0.05, 0) is 67.1 Å². The van der Waals surface area contributed by atoms with Crippen LogP contribution in [0.4, 0.5) is 4.79 Å². The molecule has 0 radical (unpaired) electrons. The predicted octanol–water partition coefficient (Wildman–Crippen LogP) is 3.43. The molecule has 0 spiro atoms. The zero-order valence-electron chi connectivity index (χ0n) is 20.4. The molecule has 1 atom stereocenters. The number of piperidine rings is 1. The lowest BCUT2D eigenvalue weighted by molar-refractivity contribution is -0.117. The Kier molecular flexibility index (Phi) is 10.4. The molecule has 9 nitrogen and oxygen atoms in total. The highest BCUT2D eigenvalue weighted by Crippen LogP contribution is 2.23. The number of urea groups is 1. The summed E-state index contributed by atoms with van der Waals surface area (Å²) in [4.78, 5) is 44.7. The van der Waals surface area contributed by atoms with Gasteiger partial charge in [-0.25, -0.2) is 9.78 Å². The van der Waals surface area contributed by atoms with Crippen molar-refractivity contribution in [3.05, 3.63) is 49.9 Å². The molecule has 3 heterocycles. The van der Waals surface area contributed by atoms with Crippen LogP contribution in [0.25, 0.3) is 0 Å². The second kappa shape index (κ2) is 13.2. The zero-order chi connectivity index (χ0) is 26.2. The van der Waals surface area contributed by atoms with Crippen LogP contribution < -0.4 is 16.4 Å². The Bertz CT molecular complexity index is 1040. The van der Waals surface area contributed by atoms with E-state index in [2.05, 4.69) is 27.4 Å². The Morgan fingerprint density at radius 1 is 1.28 bits per heavy atom. The number of thiophene rings is 1. The van der Waals surface area contributed by atoms with Gasteiger partial charge in [0.15, 0.2) is 0 Å². The first-order valence-electron chi connectivity index (χ1n) is 11.8. The molecular weight excluding hydrogens is 523 g/mol. The lowest BCUT2D eigenvalue weighted by Gasteiger charge is -2.40. The fourth-order valence-electron chi connectivity index (χ4n) is 4.38. The molecular formula is C24H32Cl2N6O3S. The molecule has 1 saturated heterocycles. The van der Waals surface area contributed by atoms with Gasteiger partial charge in [0, 0.05) is 38.3 Å². The van der Waals surface area contributed by atoms with Crippen molar-refractivity contribution in [2.24, 2.45) is 5.73 Å². The van der Waals surface area contributed by atoms with Crippen LogP contribution in [-0.4, -0.2) is 70.9 Å². The first kappa shape index (κ1) is 28.2. The molecule has 0 saturated carbocycles. The number of pyridine rings is 1. The molecule has 4 N–H and O–H groups in total. The van der Waals surface area contributed by atoms with Gasteiger partial charge < -0.3 is 26.2 Å². The van der Waals surface area contributed by atoms with Crippen molar-refractivity contribution in [3.8, 4) is 0 Å². The minimum absolute atomic E-state index is 0.0588. The van der Waals surface area contributed by atoms with Crippen LogP contribution in [0, 0.1) is 6.92 Å². The number of halogens is 2. The number of hydrogen-bond acceptors (Lipinski definition) is 6. The van der Waals surface area contributed by atoms with Crippen LogP contribution in [0.15, 0.2) is 22.9 Å². The van der Waals surface area contributed by atoms with Crippen molar-refractivity contribution in [2.75, 3.05) is 26.2 Å². The van der Waals surface area contributed by atoms with Gasteiger partial charge in [-0.1, -0.05) is 23.2 Å². The van der Waals surface area contributed by atoms with E-state index in [0.29, 0.717) is 24.2 Å². The second-order valence-electron chi connectivity index (χ2n) is 8.97. The molecule has 196 valence electrons. The van der Waals surface area contributed by atoms with Gasteiger partial charge in [0.1, 0.15) is 10.3 Å². The number of primary amides is 1. The van der Waals surface area contributed by atoms with E-state index in [1.54, 1.807) is 29.2 Å². The number of rotatable bonds is 10. The van der Waals surface area contributed by atoms with Crippen LogP contribution in [0.3, 0.4) is 0 Å². The monoisotopic (exact) mass is 554 g/mol. The number of nitrogens with zero attached hydrogens (tertiary/aromatic N) is 3. The summed E-state index contributed by atoms with van der Waals surface area (Å²) in [5.74, 6) is -0.835. The van der Waals surface area contributed by atoms with Crippen LogP contribution >= 0.6 is 34.5 Å². The highest BCUT2D eigenvalue weighted by atomic mass is 35.5. The van der Waals surface area contributed by atoms with Gasteiger partial charge in [-0.2, -0.15) is 11.3 Å². The quantitative estimate of drug-likeness (QED) is 0.388. The highest BCUT2D eigenvalue weighted by molar-refractivity contribution is 7.07. The van der Waals surface area contributed by atoms with Crippen molar-refractivity contribution in [2.45, 2.75) is 51.7 Å². The third-order valence-electron chi connectivity index (χ3n) is 6.39. The molecule has 4 amide bonds. The SMILES string of the molecule is Cc1cc(Cl)nc(Cl)c1C(=O)NCC[C@@H](C)N1CCC(N(Cc2ccsc2)C(=O)NCC(N)=O)CC1. The van der Waals surface area contributed by atoms with Crippen LogP contribution in [-0.2, 0) is 11.3 Å². The summed E-state index contributed by atoms with van der Waals surface area (Å²) in [6.07, 6.45) is 2.40. The summed E-state index contributed by atoms with van der Waals surface area (Å²) in [5, 5.41) is 9.92. The maximum atomic E-state index is 12.8. The van der Waals surface area contributed by atoms with E-state index < -0.39 is 5.91 Å². The largest absolute Gasteiger partial charge is 0.368 e. The van der Waals surface area contributed by atoms with E-state index in [-0.39, 0.29) is 40.9 Å². The van der Waals surface area contributed by atoms with Crippen LogP contribution in [0.5, 0.6) is 0 Å². The summed E-state index contributed by atoms with van der Waals surface area (Å²) >= 11 is 13.6. The van der Waals surface area contributed by atoms with E-state index in [0.717, 1.165) is 37.9 Å². The Morgan fingerprint density at radius 2 is 2.00 bits per heavy atom. The first-order valence-corrected chi connectivity index (χ1v) is 13.5. The lowest BCUT2D eigenvalue weighted by Crippen LogP contribution is -2.52. The standard InChI is InChI=1S/C24H32Cl2N6O3S/c1-15-11-19(25)30-22(26)21(15)23(34)28-7-3-16(2)31-8-4-18(5-9-31)32(13-17-6-10-36-14-17)24(35)29-12-20(27)33/h6,10-11,14,16,18H,3-5,7-9,12-13H2,1-2H3,(H2,27,33)(H,28,34)(H,29,35)/t16-/m1/s1. The normalized spacial score (nSPS) is 15.3. The van der Waals surface area contributed by atoms with Gasteiger partial charge in [0.25, 0.3) is 5.91 Å². The number of hydrogen-bond donors (Lipinski definition) is 3. The van der Waals surface area contributed by atoms with E-state index in [4.69, 9.17) is 28.9 Å². The molecule has 0 aromatic carbocycles. The van der Waals surface area contributed by atoms with Crippen molar-refractivity contribution in [3.63, 3.8) is 0 Å². The number of carbonyl (C=O) groups is 3. The third kappa shape index (κ3) is 7.80. The number of nitrogens with two attached hydrogens (primary N) is 1. The van der Waals surface area contributed by atoms with E-state index >= 15 is 0 Å². The smallest absolute Gasteiger partial charge is 0.318 e. The molecule has 0 unspecified atom stereocenters. The molecule has 0 aliphatic carbocycles. The van der Waals surface area contributed by atoms with Crippen LogP contribution in [0.2, 0.25) is 10.3 Å². The minimum atomic E-state index is -0.570. The second-order valence-corrected chi connectivity index (χ2v) is 10.5. The van der Waals surface area contributed by atoms with Gasteiger partial charge in [-0.3, -0.25) is 9.59 Å². The molecule has 1 aliphatic rings. The fraction of sp³-hybridized carbons (Fsp3) is 0.500. The molecule has 2 aromatic heterocycles. The highest BCUT2D eigenvalue weighted by Gasteiger charge is 2.30. The van der Waals surface area contributed by atoms with Gasteiger partial charge in [-0.15, -0.1) is 0 Å². The number of aryl methyl sites for hydroxylation is 1. The lowest BCUT2D eigenvalue weighted by atomic mass is 10.0. The summed E-state index contributed by atoms with van der Waals surface area (Å²) in [6, 6.07) is 3.65. The molecule has 2 aromatic rings. The van der Waals surface area contributed by atoms with Crippen molar-refractivity contribution in [1.82, 2.24) is 25.4 Å². The predicted molar refractivity (Wildman–Crippen MR) is 142 cm³/mol. The molecule has 1 aliphatic heterocycles. The zero-order valence-corrected chi connectivity index (χ0v) is 22.8. The Labute approximate surface area is 225 Å². The van der Waals surface area contributed by atoms with E-state index in [1.807, 2.05) is 16.8 Å². The van der Waals surface area contributed by atoms with Gasteiger partial charge in [0.2, 0.25) is 5.91 Å². The summed E-state index contributed by atoms with van der Waals surface area (Å²) in [7, 11) is 0. The minimum Gasteiger partial charge on any atom is -0.368 e. The Hall–Kier alpha value is -2.40. The number of likely N-dealkylation sites (tertiary alicyclic amines) is 1. The number of nitrogens with one attached hydrogen (secondary N) is 2.